The van der Waals surface area contributed by atoms with Gasteiger partial charge in [0.1, 0.15) is 0 Å². The summed E-state index contributed by atoms with van der Waals surface area (Å²) in [5, 5.41) is 7.41. The van der Waals surface area contributed by atoms with Crippen molar-refractivity contribution in [3.05, 3.63) is 29.3 Å². The van der Waals surface area contributed by atoms with Crippen LogP contribution in [-0.2, 0) is 13.0 Å². The number of hydrogen-bond donors (Lipinski definition) is 2. The topological polar surface area (TPSA) is 24.1 Å². The Balaban J connectivity index is 1.52. The Labute approximate surface area is 129 Å². The lowest BCUT2D eigenvalue weighted by Crippen LogP contribution is -2.33. The van der Waals surface area contributed by atoms with Crippen LogP contribution in [0.4, 0.5) is 5.69 Å². The minimum atomic E-state index is 0.734. The molecule has 1 aliphatic carbocycles. The summed E-state index contributed by atoms with van der Waals surface area (Å²) in [6.07, 6.45) is 10.9. The minimum Gasteiger partial charge on any atom is -0.385 e. The van der Waals surface area contributed by atoms with Gasteiger partial charge in [-0.1, -0.05) is 38.0 Å². The smallest absolute Gasteiger partial charge is 0.0418 e. The van der Waals surface area contributed by atoms with Crippen molar-refractivity contribution in [1.29, 1.82) is 0 Å². The van der Waals surface area contributed by atoms with Crippen LogP contribution in [0, 0.1) is 5.92 Å². The fraction of sp³-hybridized carbons (Fsp3) is 0.684. The van der Waals surface area contributed by atoms with Crippen LogP contribution < -0.4 is 10.6 Å². The molecule has 0 radical (unpaired) electrons. The molecule has 0 atom stereocenters. The number of rotatable bonds is 5. The van der Waals surface area contributed by atoms with E-state index in [0.29, 0.717) is 0 Å². The fourth-order valence-electron chi connectivity index (χ4n) is 4.05. The second-order valence-electron chi connectivity index (χ2n) is 6.87. The normalized spacial score (nSPS) is 25.2. The van der Waals surface area contributed by atoms with E-state index in [1.54, 1.807) is 0 Å². The van der Waals surface area contributed by atoms with E-state index in [4.69, 9.17) is 0 Å². The standard InChI is InChI=1S/C19H30N2/c1-2-5-15-9-11-18(12-10-15)21-14-17-7-3-6-16-8-4-13-20-19(16)17/h3,6-7,15,18,20-21H,2,4-5,8-14H2,1H3. The van der Waals surface area contributed by atoms with Crippen LogP contribution in [0.5, 0.6) is 0 Å². The van der Waals surface area contributed by atoms with Crippen molar-refractivity contribution in [2.45, 2.75) is 70.9 Å². The lowest BCUT2D eigenvalue weighted by Gasteiger charge is -2.30. The summed E-state index contributed by atoms with van der Waals surface area (Å²) in [5.74, 6) is 0.999. The molecule has 3 rings (SSSR count). The van der Waals surface area contributed by atoms with Crippen LogP contribution in [0.25, 0.3) is 0 Å². The van der Waals surface area contributed by atoms with E-state index in [9.17, 15) is 0 Å². The quantitative estimate of drug-likeness (QED) is 0.833. The number of hydrogen-bond acceptors (Lipinski definition) is 2. The summed E-state index contributed by atoms with van der Waals surface area (Å²) in [6, 6.07) is 7.52. The fourth-order valence-corrected chi connectivity index (χ4v) is 4.05. The highest BCUT2D eigenvalue weighted by atomic mass is 14.9. The molecular weight excluding hydrogens is 256 g/mol. The third kappa shape index (κ3) is 3.79. The van der Waals surface area contributed by atoms with E-state index in [2.05, 4.69) is 35.8 Å². The largest absolute Gasteiger partial charge is 0.385 e. The number of nitrogens with one attached hydrogen (secondary N) is 2. The average molecular weight is 286 g/mol. The monoisotopic (exact) mass is 286 g/mol. The third-order valence-corrected chi connectivity index (χ3v) is 5.29. The van der Waals surface area contributed by atoms with Crippen molar-refractivity contribution in [3.8, 4) is 0 Å². The summed E-state index contributed by atoms with van der Waals surface area (Å²) in [6.45, 7) is 4.47. The van der Waals surface area contributed by atoms with E-state index in [0.717, 1.165) is 25.0 Å². The molecule has 0 spiro atoms. The number of para-hydroxylation sites is 1. The van der Waals surface area contributed by atoms with Crippen molar-refractivity contribution in [1.82, 2.24) is 5.32 Å². The van der Waals surface area contributed by atoms with Crippen molar-refractivity contribution < 1.29 is 0 Å². The summed E-state index contributed by atoms with van der Waals surface area (Å²) < 4.78 is 0. The van der Waals surface area contributed by atoms with Gasteiger partial charge in [0.05, 0.1) is 0 Å². The van der Waals surface area contributed by atoms with Crippen molar-refractivity contribution in [2.75, 3.05) is 11.9 Å². The predicted molar refractivity (Wildman–Crippen MR) is 90.7 cm³/mol. The Morgan fingerprint density at radius 1 is 1.19 bits per heavy atom. The molecule has 0 unspecified atom stereocenters. The second kappa shape index (κ2) is 7.31. The van der Waals surface area contributed by atoms with E-state index in [1.807, 2.05) is 0 Å². The highest BCUT2D eigenvalue weighted by Crippen LogP contribution is 2.29. The maximum Gasteiger partial charge on any atom is 0.0418 e. The second-order valence-corrected chi connectivity index (χ2v) is 6.87. The van der Waals surface area contributed by atoms with Gasteiger partial charge >= 0.3 is 0 Å². The number of aryl methyl sites for hydroxylation is 1. The predicted octanol–water partition coefficient (Wildman–Crippen LogP) is 4.49. The molecule has 1 fully saturated rings. The number of fused-ring (bicyclic) bond motifs is 1. The average Bonchev–Trinajstić information content (AvgIpc) is 2.54. The molecule has 2 heteroatoms. The maximum atomic E-state index is 3.81. The molecular formula is C19H30N2. The molecule has 0 aromatic heterocycles. The van der Waals surface area contributed by atoms with Gasteiger partial charge in [0.25, 0.3) is 0 Å². The lowest BCUT2D eigenvalue weighted by molar-refractivity contribution is 0.277. The molecule has 1 aromatic carbocycles. The van der Waals surface area contributed by atoms with Gasteiger partial charge in [-0.15, -0.1) is 0 Å². The zero-order valence-corrected chi connectivity index (χ0v) is 13.5. The Bertz CT molecular complexity index is 447. The Kier molecular flexibility index (Phi) is 5.18. The van der Waals surface area contributed by atoms with Crippen LogP contribution in [0.3, 0.4) is 0 Å². The van der Waals surface area contributed by atoms with E-state index < -0.39 is 0 Å². The molecule has 1 aliphatic heterocycles. The first-order valence-electron chi connectivity index (χ1n) is 8.95. The molecule has 0 amide bonds. The van der Waals surface area contributed by atoms with E-state index in [-0.39, 0.29) is 0 Å². The minimum absolute atomic E-state index is 0.734. The Morgan fingerprint density at radius 2 is 2.05 bits per heavy atom. The molecule has 2 nitrogen and oxygen atoms in total. The third-order valence-electron chi connectivity index (χ3n) is 5.29. The lowest BCUT2D eigenvalue weighted by atomic mass is 9.83. The van der Waals surface area contributed by atoms with Crippen molar-refractivity contribution >= 4 is 5.69 Å². The summed E-state index contributed by atoms with van der Waals surface area (Å²) in [4.78, 5) is 0. The van der Waals surface area contributed by atoms with Gasteiger partial charge in [-0.3, -0.25) is 0 Å². The van der Waals surface area contributed by atoms with Crippen LogP contribution in [-0.4, -0.2) is 12.6 Å². The molecule has 0 bridgehead atoms. The zero-order chi connectivity index (χ0) is 14.5. The van der Waals surface area contributed by atoms with Crippen LogP contribution in [0.15, 0.2) is 18.2 Å². The van der Waals surface area contributed by atoms with Gasteiger partial charge in [0.2, 0.25) is 0 Å². The molecule has 1 heterocycles. The first-order valence-corrected chi connectivity index (χ1v) is 8.95. The Morgan fingerprint density at radius 3 is 2.86 bits per heavy atom. The summed E-state index contributed by atoms with van der Waals surface area (Å²) in [7, 11) is 0. The highest BCUT2D eigenvalue weighted by molar-refractivity contribution is 5.59. The molecule has 2 aliphatic rings. The SMILES string of the molecule is CCCC1CCC(NCc2cccc3c2NCCC3)CC1. The number of benzene rings is 1. The number of anilines is 1. The van der Waals surface area contributed by atoms with Gasteiger partial charge in [-0.25, -0.2) is 0 Å². The molecule has 116 valence electrons. The van der Waals surface area contributed by atoms with Gasteiger partial charge in [0, 0.05) is 24.8 Å². The van der Waals surface area contributed by atoms with Gasteiger partial charge < -0.3 is 10.6 Å². The van der Waals surface area contributed by atoms with Crippen LogP contribution in [0.1, 0.15) is 63.0 Å². The summed E-state index contributed by atoms with van der Waals surface area (Å²) in [5.41, 5.74) is 4.38. The maximum absolute atomic E-state index is 3.81. The van der Waals surface area contributed by atoms with Crippen molar-refractivity contribution in [2.24, 2.45) is 5.92 Å². The highest BCUT2D eigenvalue weighted by Gasteiger charge is 2.20. The molecule has 21 heavy (non-hydrogen) atoms. The molecule has 1 aromatic rings. The first-order chi connectivity index (χ1) is 10.4. The molecule has 0 saturated heterocycles. The van der Waals surface area contributed by atoms with Crippen molar-refractivity contribution in [3.63, 3.8) is 0 Å². The Hall–Kier alpha value is -1.02. The van der Waals surface area contributed by atoms with E-state index in [1.165, 1.54) is 68.2 Å². The van der Waals surface area contributed by atoms with Gasteiger partial charge in [0.15, 0.2) is 0 Å². The summed E-state index contributed by atoms with van der Waals surface area (Å²) >= 11 is 0. The molecule has 2 N–H and O–H groups in total. The van der Waals surface area contributed by atoms with Crippen LogP contribution in [0.2, 0.25) is 0 Å². The van der Waals surface area contributed by atoms with Gasteiger partial charge in [-0.05, 0) is 55.6 Å². The van der Waals surface area contributed by atoms with Crippen LogP contribution >= 0.6 is 0 Å². The van der Waals surface area contributed by atoms with E-state index >= 15 is 0 Å². The first kappa shape index (κ1) is 14.9. The zero-order valence-electron chi connectivity index (χ0n) is 13.5. The van der Waals surface area contributed by atoms with Gasteiger partial charge in [-0.2, -0.15) is 0 Å². The molecule has 1 saturated carbocycles.